The summed E-state index contributed by atoms with van der Waals surface area (Å²) in [5.41, 5.74) is 5.82. The highest BCUT2D eigenvalue weighted by Gasteiger charge is 2.13. The summed E-state index contributed by atoms with van der Waals surface area (Å²) >= 11 is 0. The third-order valence-electron chi connectivity index (χ3n) is 3.76. The van der Waals surface area contributed by atoms with Gasteiger partial charge < -0.3 is 0 Å². The molecule has 0 spiro atoms. The van der Waals surface area contributed by atoms with Gasteiger partial charge in [-0.3, -0.25) is 4.79 Å². The second kappa shape index (κ2) is 6.91. The minimum absolute atomic E-state index is 0.465. The van der Waals surface area contributed by atoms with Crippen molar-refractivity contribution in [3.05, 3.63) is 64.7 Å². The molecule has 2 aliphatic carbocycles. The molecule has 1 nitrogen and oxygen atoms in total. The van der Waals surface area contributed by atoms with Crippen LogP contribution >= 0.6 is 0 Å². The number of terminal acetylenes is 1. The summed E-state index contributed by atoms with van der Waals surface area (Å²) in [6.07, 6.45) is 11.9. The summed E-state index contributed by atoms with van der Waals surface area (Å²) in [7, 11) is 0. The first-order chi connectivity index (χ1) is 10.6. The number of aldehydes is 1. The topological polar surface area (TPSA) is 17.1 Å². The summed E-state index contributed by atoms with van der Waals surface area (Å²) in [4.78, 5) is 11.5. The Balaban J connectivity index is 2.50. The Labute approximate surface area is 132 Å². The van der Waals surface area contributed by atoms with Gasteiger partial charge in [0.2, 0.25) is 0 Å². The fourth-order valence-corrected chi connectivity index (χ4v) is 2.38. The Bertz CT molecular complexity index is 754. The van der Waals surface area contributed by atoms with Crippen LogP contribution in [0.5, 0.6) is 0 Å². The molecular weight excluding hydrogens is 268 g/mol. The molecule has 0 aromatic rings. The van der Waals surface area contributed by atoms with Crippen molar-refractivity contribution >= 4 is 12.4 Å². The van der Waals surface area contributed by atoms with Crippen LogP contribution in [0, 0.1) is 12.3 Å². The number of carbonyl (C=O) groups excluding carboxylic acids is 1. The van der Waals surface area contributed by atoms with Crippen LogP contribution in [0.25, 0.3) is 17.2 Å². The first-order valence-corrected chi connectivity index (χ1v) is 7.40. The van der Waals surface area contributed by atoms with Crippen molar-refractivity contribution in [3.8, 4) is 23.5 Å². The number of allylic oxidation sites excluding steroid dienone is 3. The normalized spacial score (nSPS) is 12.0. The summed E-state index contributed by atoms with van der Waals surface area (Å²) in [5.74, 6) is 3.03. The lowest BCUT2D eigenvalue weighted by Gasteiger charge is -1.99. The van der Waals surface area contributed by atoms with Gasteiger partial charge in [-0.05, 0) is 46.7 Å². The van der Waals surface area contributed by atoms with Gasteiger partial charge in [0.25, 0.3) is 0 Å². The highest BCUT2D eigenvalue weighted by atomic mass is 16.1. The molecule has 0 aromatic carbocycles. The first-order valence-electron chi connectivity index (χ1n) is 7.40. The van der Waals surface area contributed by atoms with E-state index in [0.29, 0.717) is 5.92 Å². The van der Waals surface area contributed by atoms with E-state index < -0.39 is 0 Å². The molecule has 0 bridgehead atoms. The second-order valence-corrected chi connectivity index (χ2v) is 5.67. The molecule has 22 heavy (non-hydrogen) atoms. The van der Waals surface area contributed by atoms with Gasteiger partial charge in [-0.1, -0.05) is 62.3 Å². The Hall–Kier alpha value is -2.59. The summed E-state index contributed by atoms with van der Waals surface area (Å²) in [6, 6.07) is 10.4. The van der Waals surface area contributed by atoms with Gasteiger partial charge >= 0.3 is 0 Å². The highest BCUT2D eigenvalue weighted by Crippen LogP contribution is 2.32. The predicted octanol–water partition coefficient (Wildman–Crippen LogP) is 5.32. The molecule has 1 heteroatoms. The van der Waals surface area contributed by atoms with E-state index >= 15 is 0 Å². The number of hydrogen-bond acceptors (Lipinski definition) is 1. The lowest BCUT2D eigenvalue weighted by molar-refractivity contribution is 0.112. The van der Waals surface area contributed by atoms with E-state index in [1.165, 1.54) is 5.56 Å². The SMILES string of the molecule is C#C/C(C)=C\C=C\c1cc2ccc(C(C)C)ccc-2c1C=O. The van der Waals surface area contributed by atoms with E-state index in [1.807, 2.05) is 37.3 Å². The van der Waals surface area contributed by atoms with Crippen LogP contribution in [0.2, 0.25) is 0 Å². The standard InChI is InChI=1S/C21H20O/c1-5-16(4)7-6-8-18-13-19-10-9-17(15(2)3)11-12-20(19)21(18)14-22/h1,6-15H,2-4H3/b8-6+,16-7-. The highest BCUT2D eigenvalue weighted by molar-refractivity contribution is 5.95. The quantitative estimate of drug-likeness (QED) is 0.423. The lowest BCUT2D eigenvalue weighted by Crippen LogP contribution is -1.82. The van der Waals surface area contributed by atoms with Gasteiger partial charge in [-0.25, -0.2) is 0 Å². The maximum absolute atomic E-state index is 11.5. The number of hydrogen-bond donors (Lipinski definition) is 0. The minimum Gasteiger partial charge on any atom is -0.298 e. The van der Waals surface area contributed by atoms with E-state index in [-0.39, 0.29) is 0 Å². The van der Waals surface area contributed by atoms with Crippen LogP contribution in [0.3, 0.4) is 0 Å². The lowest BCUT2D eigenvalue weighted by atomic mass is 10.1. The fourth-order valence-electron chi connectivity index (χ4n) is 2.38. The summed E-state index contributed by atoms with van der Waals surface area (Å²) in [6.45, 7) is 6.20. The Morgan fingerprint density at radius 1 is 1.23 bits per heavy atom. The molecular formula is C21H20O. The number of carbonyl (C=O) groups is 1. The molecule has 0 aromatic heterocycles. The zero-order valence-corrected chi connectivity index (χ0v) is 13.3. The van der Waals surface area contributed by atoms with Crippen molar-refractivity contribution in [3.63, 3.8) is 0 Å². The maximum atomic E-state index is 11.5. The van der Waals surface area contributed by atoms with Crippen LogP contribution in [-0.2, 0) is 0 Å². The smallest absolute Gasteiger partial charge is 0.151 e. The molecule has 0 amide bonds. The average Bonchev–Trinajstić information content (AvgIpc) is 2.69. The fraction of sp³-hybridized carbons (Fsp3) is 0.190. The molecule has 0 fully saturated rings. The van der Waals surface area contributed by atoms with Crippen molar-refractivity contribution < 1.29 is 4.79 Å². The molecule has 2 rings (SSSR count). The monoisotopic (exact) mass is 288 g/mol. The molecule has 0 heterocycles. The van der Waals surface area contributed by atoms with Gasteiger partial charge in [0, 0.05) is 5.56 Å². The van der Waals surface area contributed by atoms with E-state index in [2.05, 4.69) is 38.0 Å². The van der Waals surface area contributed by atoms with E-state index in [1.54, 1.807) is 0 Å². The predicted molar refractivity (Wildman–Crippen MR) is 94.2 cm³/mol. The second-order valence-electron chi connectivity index (χ2n) is 5.67. The van der Waals surface area contributed by atoms with Crippen LogP contribution < -0.4 is 0 Å². The molecule has 0 aliphatic heterocycles. The third-order valence-corrected chi connectivity index (χ3v) is 3.76. The van der Waals surface area contributed by atoms with Gasteiger partial charge in [-0.15, -0.1) is 6.42 Å². The summed E-state index contributed by atoms with van der Waals surface area (Å²) in [5, 5.41) is 0. The third kappa shape index (κ3) is 3.35. The molecule has 0 radical (unpaired) electrons. The molecule has 0 atom stereocenters. The molecule has 0 saturated heterocycles. The van der Waals surface area contributed by atoms with Gasteiger partial charge in [-0.2, -0.15) is 0 Å². The first kappa shape index (κ1) is 15.8. The van der Waals surface area contributed by atoms with E-state index in [9.17, 15) is 4.79 Å². The molecule has 0 saturated carbocycles. The van der Waals surface area contributed by atoms with Gasteiger partial charge in [0.05, 0.1) is 0 Å². The van der Waals surface area contributed by atoms with Crippen LogP contribution in [0.1, 0.15) is 48.2 Å². The Kier molecular flexibility index (Phi) is 4.96. The molecule has 0 N–H and O–H groups in total. The van der Waals surface area contributed by atoms with Crippen molar-refractivity contribution in [2.75, 3.05) is 0 Å². The van der Waals surface area contributed by atoms with Crippen molar-refractivity contribution in [1.29, 1.82) is 0 Å². The molecule has 0 unspecified atom stereocenters. The maximum Gasteiger partial charge on any atom is 0.151 e. The Morgan fingerprint density at radius 2 is 1.95 bits per heavy atom. The molecule has 2 aliphatic rings. The van der Waals surface area contributed by atoms with E-state index in [4.69, 9.17) is 6.42 Å². The van der Waals surface area contributed by atoms with Crippen LogP contribution in [-0.4, -0.2) is 6.29 Å². The number of rotatable bonds is 4. The molecule has 110 valence electrons. The zero-order valence-electron chi connectivity index (χ0n) is 13.3. The van der Waals surface area contributed by atoms with E-state index in [0.717, 1.165) is 34.1 Å². The average molecular weight is 288 g/mol. The van der Waals surface area contributed by atoms with Gasteiger partial charge in [0.1, 0.15) is 0 Å². The van der Waals surface area contributed by atoms with Crippen molar-refractivity contribution in [1.82, 2.24) is 0 Å². The zero-order chi connectivity index (χ0) is 16.1. The van der Waals surface area contributed by atoms with Crippen molar-refractivity contribution in [2.45, 2.75) is 26.7 Å². The van der Waals surface area contributed by atoms with Crippen molar-refractivity contribution in [2.24, 2.45) is 0 Å². The van der Waals surface area contributed by atoms with Crippen LogP contribution in [0.15, 0.2) is 48.1 Å². The minimum atomic E-state index is 0.465. The Morgan fingerprint density at radius 3 is 2.59 bits per heavy atom. The summed E-state index contributed by atoms with van der Waals surface area (Å²) < 4.78 is 0. The number of fused-ring (bicyclic) bond motifs is 1. The van der Waals surface area contributed by atoms with Crippen LogP contribution in [0.4, 0.5) is 0 Å². The van der Waals surface area contributed by atoms with Gasteiger partial charge in [0.15, 0.2) is 6.29 Å². The largest absolute Gasteiger partial charge is 0.298 e.